The molecular weight excluding hydrogens is 642 g/mol. The summed E-state index contributed by atoms with van der Waals surface area (Å²) in [5, 5.41) is 15.8. The van der Waals surface area contributed by atoms with E-state index in [0.29, 0.717) is 49.2 Å². The summed E-state index contributed by atoms with van der Waals surface area (Å²) in [6, 6.07) is 1.23. The van der Waals surface area contributed by atoms with Gasteiger partial charge < -0.3 is 20.1 Å². The summed E-state index contributed by atoms with van der Waals surface area (Å²) in [4.78, 5) is 35.9. The van der Waals surface area contributed by atoms with Crippen LogP contribution < -0.4 is 21.3 Å². The van der Waals surface area contributed by atoms with Crippen molar-refractivity contribution in [3.05, 3.63) is 45.5 Å². The molecule has 1 saturated heterocycles. The maximum absolute atomic E-state index is 13.8. The van der Waals surface area contributed by atoms with E-state index in [-0.39, 0.29) is 24.5 Å². The van der Waals surface area contributed by atoms with Crippen molar-refractivity contribution in [1.82, 2.24) is 20.2 Å². The summed E-state index contributed by atoms with van der Waals surface area (Å²) in [5.74, 6) is -0.194. The van der Waals surface area contributed by atoms with Crippen LogP contribution in [0.2, 0.25) is 25.7 Å². The Morgan fingerprint density at radius 3 is 2.39 bits per heavy atom. The standard InChI is InChI=1S/C28H40F6N6O5Si/c1-18(37-22-14-36-40(17-44-9-10-46(2,3)4)26(43)25(22)28(32,33)34)16-45-38-24(42)11-19-5-7-39(8-6-19)23-12-20(15-41)21(13-35-23)27(29,30)31/h12-14,18-19,37,41H,5-11,15-17H2,1-4H3,(H,38,42)/t18-/m0/s1. The number of amides is 1. The van der Waals surface area contributed by atoms with Gasteiger partial charge in [-0.1, -0.05) is 19.6 Å². The van der Waals surface area contributed by atoms with Crippen molar-refractivity contribution in [1.29, 1.82) is 0 Å². The summed E-state index contributed by atoms with van der Waals surface area (Å²) in [6.07, 6.45) is -6.80. The number of ether oxygens (including phenoxy) is 1. The molecule has 2 aromatic heterocycles. The number of nitrogens with zero attached hydrogens (tertiary/aromatic N) is 4. The third kappa shape index (κ3) is 10.9. The molecule has 258 valence electrons. The molecule has 0 aromatic carbocycles. The predicted octanol–water partition coefficient (Wildman–Crippen LogP) is 4.64. The normalized spacial score (nSPS) is 15.6. The number of nitrogens with one attached hydrogen (secondary N) is 2. The van der Waals surface area contributed by atoms with Gasteiger partial charge in [0.2, 0.25) is 5.91 Å². The van der Waals surface area contributed by atoms with Crippen molar-refractivity contribution in [2.45, 2.75) is 83.6 Å². The fraction of sp³-hybridized carbons (Fsp3) is 0.643. The van der Waals surface area contributed by atoms with Gasteiger partial charge in [-0.2, -0.15) is 31.4 Å². The molecule has 0 saturated carbocycles. The molecule has 18 heteroatoms. The Hall–Kier alpha value is -3.22. The van der Waals surface area contributed by atoms with Crippen molar-refractivity contribution in [2.24, 2.45) is 5.92 Å². The highest BCUT2D eigenvalue weighted by Crippen LogP contribution is 2.34. The van der Waals surface area contributed by atoms with Crippen LogP contribution in [0, 0.1) is 5.92 Å². The molecule has 3 heterocycles. The van der Waals surface area contributed by atoms with Gasteiger partial charge in [0.15, 0.2) is 0 Å². The van der Waals surface area contributed by atoms with Crippen LogP contribution in [0.1, 0.15) is 42.9 Å². The number of carbonyl (C=O) groups is 1. The van der Waals surface area contributed by atoms with E-state index in [4.69, 9.17) is 9.57 Å². The van der Waals surface area contributed by atoms with Crippen molar-refractivity contribution >= 4 is 25.5 Å². The molecule has 0 unspecified atom stereocenters. The number of aliphatic hydroxyl groups is 1. The van der Waals surface area contributed by atoms with E-state index >= 15 is 0 Å². The van der Waals surface area contributed by atoms with Crippen molar-refractivity contribution in [2.75, 3.05) is 36.5 Å². The second-order valence-electron chi connectivity index (χ2n) is 12.5. The molecule has 1 atom stereocenters. The first-order chi connectivity index (χ1) is 21.4. The Morgan fingerprint density at radius 2 is 1.80 bits per heavy atom. The first kappa shape index (κ1) is 37.2. The number of hydrogen-bond acceptors (Lipinski definition) is 9. The van der Waals surface area contributed by atoms with Gasteiger partial charge in [-0.05, 0) is 43.4 Å². The summed E-state index contributed by atoms with van der Waals surface area (Å²) < 4.78 is 86.7. The highest BCUT2D eigenvalue weighted by molar-refractivity contribution is 6.76. The van der Waals surface area contributed by atoms with Crippen LogP contribution in [-0.4, -0.2) is 66.2 Å². The third-order valence-electron chi connectivity index (χ3n) is 7.32. The molecule has 46 heavy (non-hydrogen) atoms. The Labute approximate surface area is 263 Å². The van der Waals surface area contributed by atoms with E-state index in [1.165, 1.54) is 13.0 Å². The topological polar surface area (TPSA) is 131 Å². The van der Waals surface area contributed by atoms with Crippen LogP contribution in [0.15, 0.2) is 23.3 Å². The SMILES string of the molecule is C[C@@H](CONC(=O)CC1CCN(c2cc(CO)c(C(F)(F)F)cn2)CC1)Nc1cnn(COCC[Si](C)(C)C)c(=O)c1C(F)(F)F. The van der Waals surface area contributed by atoms with E-state index in [1.54, 1.807) is 4.90 Å². The molecular formula is C28H40F6N6O5Si. The molecule has 11 nitrogen and oxygen atoms in total. The number of aromatic nitrogens is 3. The van der Waals surface area contributed by atoms with Crippen LogP contribution in [0.3, 0.4) is 0 Å². The summed E-state index contributed by atoms with van der Waals surface area (Å²) in [6.45, 7) is 7.61. The first-order valence-corrected chi connectivity index (χ1v) is 18.4. The predicted molar refractivity (Wildman–Crippen MR) is 159 cm³/mol. The Morgan fingerprint density at radius 1 is 1.13 bits per heavy atom. The quantitative estimate of drug-likeness (QED) is 0.113. The zero-order chi connectivity index (χ0) is 34.3. The number of hydrogen-bond donors (Lipinski definition) is 3. The molecule has 0 radical (unpaired) electrons. The number of carbonyl (C=O) groups excluding carboxylic acids is 1. The van der Waals surface area contributed by atoms with Crippen LogP contribution >= 0.6 is 0 Å². The number of aliphatic hydroxyl groups excluding tert-OH is 1. The lowest BCUT2D eigenvalue weighted by Crippen LogP contribution is -2.37. The molecule has 3 N–H and O–H groups in total. The second-order valence-corrected chi connectivity index (χ2v) is 18.1. The Kier molecular flexibility index (Phi) is 12.6. The van der Waals surface area contributed by atoms with Crippen molar-refractivity contribution in [3.8, 4) is 0 Å². The number of halogens is 6. The highest BCUT2D eigenvalue weighted by Gasteiger charge is 2.39. The van der Waals surface area contributed by atoms with E-state index in [9.17, 15) is 41.0 Å². The Balaban J connectivity index is 1.46. The maximum Gasteiger partial charge on any atom is 0.423 e. The van der Waals surface area contributed by atoms with Gasteiger partial charge in [0.05, 0.1) is 30.7 Å². The Bertz CT molecular complexity index is 1380. The lowest BCUT2D eigenvalue weighted by Gasteiger charge is -2.33. The van der Waals surface area contributed by atoms with Gasteiger partial charge in [0.25, 0.3) is 5.56 Å². The first-order valence-electron chi connectivity index (χ1n) is 14.7. The van der Waals surface area contributed by atoms with Crippen LogP contribution in [0.4, 0.5) is 37.8 Å². The minimum Gasteiger partial charge on any atom is -0.392 e. The van der Waals surface area contributed by atoms with Gasteiger partial charge in [-0.15, -0.1) is 0 Å². The summed E-state index contributed by atoms with van der Waals surface area (Å²) in [7, 11) is -1.43. The van der Waals surface area contributed by atoms with E-state index < -0.39 is 68.1 Å². The number of pyridine rings is 1. The van der Waals surface area contributed by atoms with Crippen molar-refractivity contribution in [3.63, 3.8) is 0 Å². The minimum atomic E-state index is -4.96. The average molecular weight is 683 g/mol. The molecule has 1 fully saturated rings. The summed E-state index contributed by atoms with van der Waals surface area (Å²) >= 11 is 0. The molecule has 2 aromatic rings. The molecule has 1 aliphatic heterocycles. The van der Waals surface area contributed by atoms with E-state index in [1.807, 2.05) is 0 Å². The second kappa shape index (κ2) is 15.6. The smallest absolute Gasteiger partial charge is 0.392 e. The fourth-order valence-corrected chi connectivity index (χ4v) is 5.52. The third-order valence-corrected chi connectivity index (χ3v) is 9.03. The van der Waals surface area contributed by atoms with E-state index in [2.05, 4.69) is 40.5 Å². The lowest BCUT2D eigenvalue weighted by atomic mass is 9.93. The molecule has 1 amide bonds. The van der Waals surface area contributed by atoms with Crippen LogP contribution in [0.25, 0.3) is 0 Å². The molecule has 0 bridgehead atoms. The number of piperidine rings is 1. The number of alkyl halides is 6. The van der Waals surface area contributed by atoms with E-state index in [0.717, 1.165) is 12.2 Å². The maximum atomic E-state index is 13.8. The largest absolute Gasteiger partial charge is 0.423 e. The number of hydroxylamine groups is 1. The van der Waals surface area contributed by atoms with Crippen LogP contribution in [-0.2, 0) is 40.1 Å². The van der Waals surface area contributed by atoms with Gasteiger partial charge in [-0.3, -0.25) is 14.4 Å². The van der Waals surface area contributed by atoms with Crippen LogP contribution in [0.5, 0.6) is 0 Å². The zero-order valence-electron chi connectivity index (χ0n) is 26.1. The number of rotatable bonds is 14. The van der Waals surface area contributed by atoms with Gasteiger partial charge in [0, 0.05) is 46.4 Å². The van der Waals surface area contributed by atoms with Gasteiger partial charge in [-0.25, -0.2) is 15.1 Å². The van der Waals surface area contributed by atoms with Crippen molar-refractivity contribution < 1.29 is 45.8 Å². The molecule has 0 spiro atoms. The minimum absolute atomic E-state index is 0.0476. The average Bonchev–Trinajstić information content (AvgIpc) is 2.94. The summed E-state index contributed by atoms with van der Waals surface area (Å²) in [5.41, 5.74) is -2.28. The molecule has 0 aliphatic carbocycles. The van der Waals surface area contributed by atoms with Gasteiger partial charge >= 0.3 is 12.4 Å². The zero-order valence-corrected chi connectivity index (χ0v) is 27.1. The highest BCUT2D eigenvalue weighted by atomic mass is 28.3. The number of anilines is 2. The molecule has 3 rings (SSSR count). The fourth-order valence-electron chi connectivity index (χ4n) is 4.76. The lowest BCUT2D eigenvalue weighted by molar-refractivity contribution is -0.139. The molecule has 1 aliphatic rings. The monoisotopic (exact) mass is 682 g/mol. The van der Waals surface area contributed by atoms with Gasteiger partial charge in [0.1, 0.15) is 18.1 Å².